The second kappa shape index (κ2) is 4.65. The highest BCUT2D eigenvalue weighted by Crippen LogP contribution is 2.27. The van der Waals surface area contributed by atoms with Crippen LogP contribution in [0, 0.1) is 0 Å². The molecule has 0 saturated heterocycles. The first kappa shape index (κ1) is 11.1. The smallest absolute Gasteiger partial charge is 0.387 e. The van der Waals surface area contributed by atoms with Crippen LogP contribution in [0.3, 0.4) is 0 Å². The second-order valence-electron chi connectivity index (χ2n) is 3.82. The van der Waals surface area contributed by atoms with Crippen LogP contribution in [-0.2, 0) is 0 Å². The summed E-state index contributed by atoms with van der Waals surface area (Å²) in [4.78, 5) is 0. The number of hydrogen-bond donors (Lipinski definition) is 1. The van der Waals surface area contributed by atoms with E-state index >= 15 is 0 Å². The number of alkyl halides is 2. The van der Waals surface area contributed by atoms with Crippen molar-refractivity contribution < 1.29 is 18.3 Å². The van der Waals surface area contributed by atoms with Crippen LogP contribution in [0.5, 0.6) is 11.5 Å². The van der Waals surface area contributed by atoms with Gasteiger partial charge in [0.25, 0.3) is 0 Å². The summed E-state index contributed by atoms with van der Waals surface area (Å²) in [5.41, 5.74) is 5.61. The van der Waals surface area contributed by atoms with Crippen LogP contribution in [0.25, 0.3) is 0 Å². The van der Waals surface area contributed by atoms with Gasteiger partial charge in [0.2, 0.25) is 0 Å². The van der Waals surface area contributed by atoms with E-state index in [0.29, 0.717) is 5.75 Å². The Hall–Kier alpha value is -1.36. The fourth-order valence-electron chi connectivity index (χ4n) is 1.62. The summed E-state index contributed by atoms with van der Waals surface area (Å²) in [6, 6.07) is 6.44. The van der Waals surface area contributed by atoms with Crippen molar-refractivity contribution in [2.45, 2.75) is 31.6 Å². The van der Waals surface area contributed by atoms with Crippen molar-refractivity contribution in [3.05, 3.63) is 24.3 Å². The lowest BCUT2D eigenvalue weighted by Gasteiger charge is -2.32. The molecule has 0 spiro atoms. The van der Waals surface area contributed by atoms with E-state index in [4.69, 9.17) is 10.5 Å². The number of hydrogen-bond acceptors (Lipinski definition) is 3. The molecule has 88 valence electrons. The van der Waals surface area contributed by atoms with Gasteiger partial charge in [0.05, 0.1) is 0 Å². The summed E-state index contributed by atoms with van der Waals surface area (Å²) in [7, 11) is 0. The van der Waals surface area contributed by atoms with Crippen LogP contribution in [0.1, 0.15) is 12.8 Å². The van der Waals surface area contributed by atoms with E-state index in [9.17, 15) is 8.78 Å². The normalized spacial score (nSPS) is 24.0. The maximum atomic E-state index is 12.0. The Morgan fingerprint density at radius 1 is 1.25 bits per heavy atom. The Morgan fingerprint density at radius 3 is 2.56 bits per heavy atom. The molecule has 0 unspecified atom stereocenters. The first-order chi connectivity index (χ1) is 7.63. The number of benzene rings is 1. The minimum absolute atomic E-state index is 0.0943. The molecule has 1 saturated carbocycles. The van der Waals surface area contributed by atoms with Crippen molar-refractivity contribution in [1.29, 1.82) is 0 Å². The lowest BCUT2D eigenvalue weighted by Crippen LogP contribution is -2.43. The number of halogens is 2. The van der Waals surface area contributed by atoms with Gasteiger partial charge in [-0.1, -0.05) is 6.07 Å². The Bertz CT molecular complexity index is 354. The lowest BCUT2D eigenvalue weighted by molar-refractivity contribution is -0.0500. The molecule has 1 fully saturated rings. The lowest BCUT2D eigenvalue weighted by atomic mass is 9.90. The molecule has 16 heavy (non-hydrogen) atoms. The highest BCUT2D eigenvalue weighted by Gasteiger charge is 2.27. The van der Waals surface area contributed by atoms with Gasteiger partial charge in [-0.15, -0.1) is 0 Å². The van der Waals surface area contributed by atoms with Crippen molar-refractivity contribution in [3.8, 4) is 11.5 Å². The van der Waals surface area contributed by atoms with Gasteiger partial charge in [0, 0.05) is 12.1 Å². The summed E-state index contributed by atoms with van der Waals surface area (Å²) >= 11 is 0. The molecular weight excluding hydrogens is 216 g/mol. The summed E-state index contributed by atoms with van der Waals surface area (Å²) < 4.78 is 33.7. The fraction of sp³-hybridized carbons (Fsp3) is 0.455. The first-order valence-corrected chi connectivity index (χ1v) is 5.10. The molecule has 2 rings (SSSR count). The van der Waals surface area contributed by atoms with E-state index in [1.54, 1.807) is 12.1 Å². The van der Waals surface area contributed by atoms with Gasteiger partial charge in [-0.3, -0.25) is 0 Å². The molecule has 1 aromatic carbocycles. The molecule has 1 aliphatic carbocycles. The van der Waals surface area contributed by atoms with Gasteiger partial charge >= 0.3 is 6.61 Å². The van der Waals surface area contributed by atoms with Crippen molar-refractivity contribution in [3.63, 3.8) is 0 Å². The molecule has 3 nitrogen and oxygen atoms in total. The zero-order valence-corrected chi connectivity index (χ0v) is 8.61. The van der Waals surface area contributed by atoms with E-state index in [0.717, 1.165) is 12.8 Å². The monoisotopic (exact) mass is 229 g/mol. The van der Waals surface area contributed by atoms with Gasteiger partial charge in [-0.2, -0.15) is 8.78 Å². The van der Waals surface area contributed by atoms with E-state index < -0.39 is 6.61 Å². The second-order valence-corrected chi connectivity index (χ2v) is 3.82. The third-order valence-corrected chi connectivity index (χ3v) is 2.46. The Labute approximate surface area is 92.1 Å². The molecule has 0 amide bonds. The van der Waals surface area contributed by atoms with E-state index in [1.165, 1.54) is 12.1 Å². The van der Waals surface area contributed by atoms with Gasteiger partial charge in [0.15, 0.2) is 0 Å². The predicted molar refractivity (Wildman–Crippen MR) is 54.7 cm³/mol. The highest BCUT2D eigenvalue weighted by molar-refractivity contribution is 5.33. The number of rotatable bonds is 4. The van der Waals surface area contributed by atoms with Crippen molar-refractivity contribution in [2.24, 2.45) is 5.73 Å². The van der Waals surface area contributed by atoms with Gasteiger partial charge in [-0.25, -0.2) is 0 Å². The molecule has 1 aliphatic rings. The predicted octanol–water partition coefficient (Wildman–Crippen LogP) is 2.16. The maximum Gasteiger partial charge on any atom is 0.387 e. The maximum absolute atomic E-state index is 12.0. The summed E-state index contributed by atoms with van der Waals surface area (Å²) in [5.74, 6) is 0.645. The molecule has 0 atom stereocenters. The van der Waals surface area contributed by atoms with Crippen LogP contribution in [0.15, 0.2) is 24.3 Å². The zero-order chi connectivity index (χ0) is 11.5. The summed E-state index contributed by atoms with van der Waals surface area (Å²) in [6.07, 6.45) is 1.71. The minimum atomic E-state index is -2.81. The van der Waals surface area contributed by atoms with Crippen LogP contribution >= 0.6 is 0 Å². The average molecular weight is 229 g/mol. The third-order valence-electron chi connectivity index (χ3n) is 2.46. The fourth-order valence-corrected chi connectivity index (χ4v) is 1.62. The summed E-state index contributed by atoms with van der Waals surface area (Å²) in [5, 5.41) is 0. The Morgan fingerprint density at radius 2 is 1.94 bits per heavy atom. The Kier molecular flexibility index (Phi) is 3.24. The van der Waals surface area contributed by atoms with Crippen LogP contribution in [0.2, 0.25) is 0 Å². The molecular formula is C11H13F2NO2. The number of ether oxygens (including phenoxy) is 2. The molecule has 0 radical (unpaired) electrons. The summed E-state index contributed by atoms with van der Waals surface area (Å²) in [6.45, 7) is -2.81. The SMILES string of the molecule is N[C@H]1C[C@H](Oc2cccc(OC(F)F)c2)C1. The van der Waals surface area contributed by atoms with Gasteiger partial charge in [-0.05, 0) is 25.0 Å². The first-order valence-electron chi connectivity index (χ1n) is 5.10. The van der Waals surface area contributed by atoms with E-state index in [1.807, 2.05) is 0 Å². The highest BCUT2D eigenvalue weighted by atomic mass is 19.3. The molecule has 1 aromatic rings. The molecule has 0 heterocycles. The molecule has 0 aromatic heterocycles. The molecule has 5 heteroatoms. The van der Waals surface area contributed by atoms with Crippen molar-refractivity contribution in [2.75, 3.05) is 0 Å². The largest absolute Gasteiger partial charge is 0.490 e. The zero-order valence-electron chi connectivity index (χ0n) is 8.61. The van der Waals surface area contributed by atoms with Gasteiger partial charge in [0.1, 0.15) is 17.6 Å². The Balaban J connectivity index is 1.93. The minimum Gasteiger partial charge on any atom is -0.490 e. The molecule has 0 bridgehead atoms. The van der Waals surface area contributed by atoms with Crippen molar-refractivity contribution >= 4 is 0 Å². The quantitative estimate of drug-likeness (QED) is 0.860. The standard InChI is InChI=1S/C11H13F2NO2/c12-11(13)16-9-3-1-2-8(6-9)15-10-4-7(14)5-10/h1-3,6-7,10-11H,4-5,14H2/t7-,10-. The topological polar surface area (TPSA) is 44.5 Å². The van der Waals surface area contributed by atoms with Crippen LogP contribution in [-0.4, -0.2) is 18.8 Å². The van der Waals surface area contributed by atoms with E-state index in [-0.39, 0.29) is 17.9 Å². The average Bonchev–Trinajstić information content (AvgIpc) is 2.15. The molecule has 0 aliphatic heterocycles. The van der Waals surface area contributed by atoms with E-state index in [2.05, 4.69) is 4.74 Å². The third kappa shape index (κ3) is 2.82. The molecule has 2 N–H and O–H groups in total. The van der Waals surface area contributed by atoms with Crippen LogP contribution in [0.4, 0.5) is 8.78 Å². The van der Waals surface area contributed by atoms with Crippen LogP contribution < -0.4 is 15.2 Å². The number of nitrogens with two attached hydrogens (primary N) is 1. The van der Waals surface area contributed by atoms with Gasteiger partial charge < -0.3 is 15.2 Å². The van der Waals surface area contributed by atoms with Crippen molar-refractivity contribution in [1.82, 2.24) is 0 Å².